The number of H-pyrrole nitrogens is 1. The third-order valence-corrected chi connectivity index (χ3v) is 1.10. The molecule has 0 saturated carbocycles. The highest BCUT2D eigenvalue weighted by Gasteiger charge is 2.08. The highest BCUT2D eigenvalue weighted by molar-refractivity contribution is 5.20. The van der Waals surface area contributed by atoms with E-state index in [4.69, 9.17) is 5.11 Å². The molecule has 2 N–H and O–H groups in total. The van der Waals surface area contributed by atoms with Crippen LogP contribution in [0.3, 0.4) is 0 Å². The van der Waals surface area contributed by atoms with Gasteiger partial charge in [0.15, 0.2) is 5.88 Å². The average Bonchev–Trinajstić information content (AvgIpc) is 1.85. The van der Waals surface area contributed by atoms with E-state index in [9.17, 15) is 13.6 Å². The van der Waals surface area contributed by atoms with Gasteiger partial charge in [-0.15, -0.1) is 0 Å². The summed E-state index contributed by atoms with van der Waals surface area (Å²) in [5, 5.41) is 8.65. The van der Waals surface area contributed by atoms with Crippen molar-refractivity contribution in [3.05, 3.63) is 28.0 Å². The molecule has 0 spiro atoms. The molecule has 0 fully saturated rings. The predicted molar refractivity (Wildman–Crippen MR) is 33.7 cm³/mol. The highest BCUT2D eigenvalue weighted by atomic mass is 19.3. The summed E-state index contributed by atoms with van der Waals surface area (Å²) in [6, 6.07) is 1.55. The van der Waals surface area contributed by atoms with Crippen LogP contribution in [0, 0.1) is 0 Å². The maximum absolute atomic E-state index is 11.9. The number of rotatable bonds is 1. The number of pyridine rings is 1. The summed E-state index contributed by atoms with van der Waals surface area (Å²) in [5.41, 5.74) is -1.22. The number of halogens is 2. The molecule has 0 radical (unpaired) electrons. The Morgan fingerprint density at radius 2 is 2.09 bits per heavy atom. The minimum atomic E-state index is -2.73. The van der Waals surface area contributed by atoms with Gasteiger partial charge in [0.2, 0.25) is 0 Å². The number of nitrogens with one attached hydrogen (secondary N) is 1. The summed E-state index contributed by atoms with van der Waals surface area (Å²) in [6.45, 7) is 0. The first-order valence-corrected chi connectivity index (χ1v) is 2.81. The molecule has 1 aromatic heterocycles. The Balaban J connectivity index is 3.19. The fraction of sp³-hybridized carbons (Fsp3) is 0.167. The molecule has 3 nitrogen and oxygen atoms in total. The van der Waals surface area contributed by atoms with Crippen molar-refractivity contribution in [1.29, 1.82) is 0 Å². The van der Waals surface area contributed by atoms with Crippen molar-refractivity contribution in [3.63, 3.8) is 0 Å². The van der Waals surface area contributed by atoms with Crippen LogP contribution in [0.2, 0.25) is 0 Å². The smallest absolute Gasteiger partial charge is 0.264 e. The Bertz CT molecular complexity index is 308. The molecule has 0 amide bonds. The third-order valence-electron chi connectivity index (χ3n) is 1.10. The van der Waals surface area contributed by atoms with Crippen molar-refractivity contribution in [2.75, 3.05) is 0 Å². The molecule has 0 aliphatic heterocycles. The van der Waals surface area contributed by atoms with Crippen LogP contribution in [0.4, 0.5) is 8.78 Å². The maximum Gasteiger partial charge on any atom is 0.264 e. The van der Waals surface area contributed by atoms with Crippen LogP contribution < -0.4 is 5.56 Å². The van der Waals surface area contributed by atoms with Gasteiger partial charge in [-0.05, 0) is 0 Å². The largest absolute Gasteiger partial charge is 0.494 e. The van der Waals surface area contributed by atoms with Crippen LogP contribution in [-0.2, 0) is 0 Å². The van der Waals surface area contributed by atoms with E-state index in [1.807, 2.05) is 4.98 Å². The number of alkyl halides is 2. The van der Waals surface area contributed by atoms with Crippen molar-refractivity contribution < 1.29 is 13.9 Å². The van der Waals surface area contributed by atoms with Gasteiger partial charge in [-0.3, -0.25) is 9.78 Å². The van der Waals surface area contributed by atoms with Crippen molar-refractivity contribution >= 4 is 0 Å². The molecule has 0 aliphatic carbocycles. The predicted octanol–water partition coefficient (Wildman–Crippen LogP) is 1.02. The number of aromatic hydroxyl groups is 1. The second-order valence-corrected chi connectivity index (χ2v) is 1.96. The maximum atomic E-state index is 11.9. The lowest BCUT2D eigenvalue weighted by Gasteiger charge is -1.97. The number of hydrogen-bond acceptors (Lipinski definition) is 2. The topological polar surface area (TPSA) is 53.1 Å². The summed E-state index contributed by atoms with van der Waals surface area (Å²) in [7, 11) is 0. The van der Waals surface area contributed by atoms with Crippen LogP contribution in [0.1, 0.15) is 12.0 Å². The van der Waals surface area contributed by atoms with Crippen molar-refractivity contribution in [2.45, 2.75) is 6.43 Å². The Morgan fingerprint density at radius 3 is 2.55 bits per heavy atom. The van der Waals surface area contributed by atoms with Crippen LogP contribution in [0.25, 0.3) is 0 Å². The van der Waals surface area contributed by atoms with E-state index >= 15 is 0 Å². The van der Waals surface area contributed by atoms with E-state index in [1.165, 1.54) is 0 Å². The molecule has 0 aliphatic rings. The number of hydrogen-bond donors (Lipinski definition) is 2. The van der Waals surface area contributed by atoms with E-state index in [0.29, 0.717) is 0 Å². The monoisotopic (exact) mass is 161 g/mol. The SMILES string of the molecule is O=c1cc(C(F)F)cc(O)[nH]1. The van der Waals surface area contributed by atoms with Gasteiger partial charge in [0, 0.05) is 17.7 Å². The van der Waals surface area contributed by atoms with E-state index < -0.39 is 23.4 Å². The first-order valence-electron chi connectivity index (χ1n) is 2.81. The van der Waals surface area contributed by atoms with E-state index in [2.05, 4.69) is 0 Å². The lowest BCUT2D eigenvalue weighted by molar-refractivity contribution is 0.150. The quantitative estimate of drug-likeness (QED) is 0.646. The summed E-state index contributed by atoms with van der Waals surface area (Å²) in [4.78, 5) is 12.4. The van der Waals surface area contributed by atoms with Crippen LogP contribution in [0.15, 0.2) is 16.9 Å². The standard InChI is InChI=1S/C6H5F2NO2/c7-6(8)3-1-4(10)9-5(11)2-3/h1-2,6H,(H2,9,10,11). The lowest BCUT2D eigenvalue weighted by atomic mass is 10.3. The van der Waals surface area contributed by atoms with Crippen LogP contribution >= 0.6 is 0 Å². The zero-order valence-corrected chi connectivity index (χ0v) is 5.34. The second kappa shape index (κ2) is 2.69. The summed E-state index contributed by atoms with van der Waals surface area (Å²) in [5.74, 6) is -0.548. The lowest BCUT2D eigenvalue weighted by Crippen LogP contribution is -2.04. The summed E-state index contributed by atoms with van der Waals surface area (Å²) < 4.78 is 23.7. The Morgan fingerprint density at radius 1 is 1.45 bits per heavy atom. The highest BCUT2D eigenvalue weighted by Crippen LogP contribution is 2.18. The first kappa shape index (κ1) is 7.71. The molecule has 1 rings (SSSR count). The van der Waals surface area contributed by atoms with Gasteiger partial charge in [-0.2, -0.15) is 0 Å². The van der Waals surface area contributed by atoms with Gasteiger partial charge in [0.1, 0.15) is 0 Å². The van der Waals surface area contributed by atoms with Crippen LogP contribution in [-0.4, -0.2) is 10.1 Å². The third kappa shape index (κ3) is 1.76. The average molecular weight is 161 g/mol. The molecule has 0 atom stereocenters. The molecule has 0 saturated heterocycles. The van der Waals surface area contributed by atoms with Gasteiger partial charge in [-0.1, -0.05) is 0 Å². The van der Waals surface area contributed by atoms with Crippen LogP contribution in [0.5, 0.6) is 5.88 Å². The van der Waals surface area contributed by atoms with Gasteiger partial charge in [0.25, 0.3) is 12.0 Å². The molecule has 0 aromatic carbocycles. The van der Waals surface area contributed by atoms with Gasteiger partial charge < -0.3 is 5.11 Å². The molecule has 1 heterocycles. The first-order chi connectivity index (χ1) is 5.09. The van der Waals surface area contributed by atoms with Crippen molar-refractivity contribution in [2.24, 2.45) is 0 Å². The van der Waals surface area contributed by atoms with Crippen molar-refractivity contribution in [1.82, 2.24) is 4.98 Å². The minimum absolute atomic E-state index is 0.480. The number of aromatic amines is 1. The van der Waals surface area contributed by atoms with E-state index in [-0.39, 0.29) is 0 Å². The summed E-state index contributed by atoms with van der Waals surface area (Å²) >= 11 is 0. The second-order valence-electron chi connectivity index (χ2n) is 1.96. The van der Waals surface area contributed by atoms with E-state index in [1.54, 1.807) is 0 Å². The van der Waals surface area contributed by atoms with Gasteiger partial charge in [-0.25, -0.2) is 8.78 Å². The zero-order chi connectivity index (χ0) is 8.43. The Labute approximate surface area is 60.3 Å². The van der Waals surface area contributed by atoms with Gasteiger partial charge in [0.05, 0.1) is 0 Å². The molecule has 11 heavy (non-hydrogen) atoms. The molecular formula is C6H5F2NO2. The van der Waals surface area contributed by atoms with E-state index in [0.717, 1.165) is 12.1 Å². The van der Waals surface area contributed by atoms with Crippen molar-refractivity contribution in [3.8, 4) is 5.88 Å². The molecule has 0 bridgehead atoms. The molecule has 60 valence electrons. The molecular weight excluding hydrogens is 156 g/mol. The molecule has 0 unspecified atom stereocenters. The normalized spacial score (nSPS) is 10.5. The molecule has 5 heteroatoms. The fourth-order valence-corrected chi connectivity index (χ4v) is 0.675. The Kier molecular flexibility index (Phi) is 1.89. The Hall–Kier alpha value is -1.39. The zero-order valence-electron chi connectivity index (χ0n) is 5.34. The minimum Gasteiger partial charge on any atom is -0.494 e. The number of aromatic nitrogens is 1. The summed E-state index contributed by atoms with van der Waals surface area (Å²) in [6.07, 6.45) is -2.73. The van der Waals surface area contributed by atoms with Gasteiger partial charge >= 0.3 is 0 Å². The molecule has 1 aromatic rings. The fourth-order valence-electron chi connectivity index (χ4n) is 0.675.